The molecular weight excluding hydrogens is 671 g/mol. The fraction of sp³-hybridized carbons (Fsp3) is 0. The topological polar surface area (TPSA) is 62.4 Å². The summed E-state index contributed by atoms with van der Waals surface area (Å²) in [7, 11) is 0. The summed E-state index contributed by atoms with van der Waals surface area (Å²) in [6.07, 6.45) is 0. The van der Waals surface area contributed by atoms with Crippen LogP contribution in [0.3, 0.4) is 0 Å². The van der Waals surface area contributed by atoms with E-state index in [1.54, 1.807) is 0 Å². The summed E-state index contributed by atoms with van der Waals surface area (Å²) >= 11 is 0. The molecule has 0 saturated heterocycles. The number of aromatic nitrogens is 3. The highest BCUT2D eigenvalue weighted by molar-refractivity contribution is 6.15. The van der Waals surface area contributed by atoms with Gasteiger partial charge < -0.3 is 13.7 Å². The third-order valence-electron chi connectivity index (χ3n) is 11.1. The molecule has 3 aromatic heterocycles. The van der Waals surface area contributed by atoms with E-state index < -0.39 is 0 Å². The van der Waals surface area contributed by atoms with Crippen molar-refractivity contribution in [3.63, 3.8) is 0 Å². The maximum absolute atomic E-state index is 10.0. The summed E-state index contributed by atoms with van der Waals surface area (Å²) < 4.78 is 7.02. The number of nitrogens with zero attached hydrogens (tertiary/aromatic N) is 5. The lowest BCUT2D eigenvalue weighted by atomic mass is 10.00. The molecule has 8 aromatic carbocycles. The molecule has 5 nitrogen and oxygen atoms in total. The van der Waals surface area contributed by atoms with Crippen LogP contribution in [0.1, 0.15) is 11.1 Å². The molecular formula is C50H29N5. The van der Waals surface area contributed by atoms with Crippen LogP contribution in [0.4, 0.5) is 0 Å². The van der Waals surface area contributed by atoms with Gasteiger partial charge in [0.15, 0.2) is 0 Å². The van der Waals surface area contributed by atoms with E-state index in [2.05, 4.69) is 177 Å². The molecule has 0 bridgehead atoms. The molecule has 55 heavy (non-hydrogen) atoms. The second-order valence-electron chi connectivity index (χ2n) is 14.0. The van der Waals surface area contributed by atoms with E-state index in [1.807, 2.05) is 24.3 Å². The smallest absolute Gasteiger partial charge is 0.0991 e. The van der Waals surface area contributed by atoms with Gasteiger partial charge in [-0.1, -0.05) is 97.1 Å². The lowest BCUT2D eigenvalue weighted by Crippen LogP contribution is -2.01. The zero-order chi connectivity index (χ0) is 36.6. The van der Waals surface area contributed by atoms with Crippen molar-refractivity contribution in [1.82, 2.24) is 13.7 Å². The molecule has 11 aromatic rings. The number of nitriles is 2. The summed E-state index contributed by atoms with van der Waals surface area (Å²) in [6.45, 7) is 0. The molecule has 11 rings (SSSR count). The highest BCUT2D eigenvalue weighted by Gasteiger charge is 2.21. The van der Waals surface area contributed by atoms with Crippen LogP contribution in [0, 0.1) is 22.7 Å². The number of hydrogen-bond donors (Lipinski definition) is 0. The van der Waals surface area contributed by atoms with Crippen molar-refractivity contribution in [2.24, 2.45) is 0 Å². The summed E-state index contributed by atoms with van der Waals surface area (Å²) in [4.78, 5) is 0. The molecule has 0 unspecified atom stereocenters. The molecule has 3 heterocycles. The van der Waals surface area contributed by atoms with Gasteiger partial charge in [0.05, 0.1) is 67.7 Å². The third kappa shape index (κ3) is 4.45. The van der Waals surface area contributed by atoms with Gasteiger partial charge >= 0.3 is 0 Å². The maximum atomic E-state index is 10.0. The summed E-state index contributed by atoms with van der Waals surface area (Å²) in [5.74, 6) is 0. The van der Waals surface area contributed by atoms with Gasteiger partial charge in [0.1, 0.15) is 0 Å². The van der Waals surface area contributed by atoms with Crippen LogP contribution in [0.15, 0.2) is 176 Å². The van der Waals surface area contributed by atoms with Crippen molar-refractivity contribution in [1.29, 1.82) is 10.5 Å². The van der Waals surface area contributed by atoms with Gasteiger partial charge in [-0.2, -0.15) is 10.5 Å². The van der Waals surface area contributed by atoms with Crippen LogP contribution in [-0.2, 0) is 0 Å². The highest BCUT2D eigenvalue weighted by atomic mass is 15.1. The second kappa shape index (κ2) is 11.8. The molecule has 0 aliphatic rings. The Kier molecular flexibility index (Phi) is 6.61. The Morgan fingerprint density at radius 1 is 0.345 bits per heavy atom. The Bertz CT molecular complexity index is 3400. The molecule has 0 spiro atoms. The van der Waals surface area contributed by atoms with Crippen molar-refractivity contribution < 1.29 is 0 Å². The number of para-hydroxylation sites is 5. The zero-order valence-electron chi connectivity index (χ0n) is 29.5. The average molecular weight is 700 g/mol. The third-order valence-corrected chi connectivity index (χ3v) is 11.1. The van der Waals surface area contributed by atoms with Crippen molar-refractivity contribution in [2.45, 2.75) is 0 Å². The van der Waals surface area contributed by atoms with Crippen LogP contribution in [0.2, 0.25) is 0 Å². The summed E-state index contributed by atoms with van der Waals surface area (Å²) in [6, 6.07) is 66.0. The van der Waals surface area contributed by atoms with Gasteiger partial charge in [-0.25, -0.2) is 0 Å². The molecule has 5 heteroatoms. The largest absolute Gasteiger partial charge is 0.309 e. The van der Waals surface area contributed by atoms with E-state index in [0.29, 0.717) is 11.1 Å². The van der Waals surface area contributed by atoms with Crippen molar-refractivity contribution in [3.05, 3.63) is 187 Å². The van der Waals surface area contributed by atoms with Gasteiger partial charge in [-0.15, -0.1) is 0 Å². The lowest BCUT2D eigenvalue weighted by Gasteiger charge is -2.16. The number of rotatable bonds is 4. The second-order valence-corrected chi connectivity index (χ2v) is 14.0. The van der Waals surface area contributed by atoms with E-state index in [1.165, 1.54) is 16.2 Å². The maximum Gasteiger partial charge on any atom is 0.0991 e. The SMILES string of the molecule is N#Cc1ccc(-n2c3ccccc3c3ccccc32)c(-c2ccc(-n3c4ccccc4c4cccc(-n5c6ccccc6c6cc(C#N)ccc65)c43)cc2)c1. The first-order chi connectivity index (χ1) is 27.2. The van der Waals surface area contributed by atoms with Crippen molar-refractivity contribution >= 4 is 65.4 Å². The van der Waals surface area contributed by atoms with Crippen LogP contribution in [0.5, 0.6) is 0 Å². The van der Waals surface area contributed by atoms with Crippen LogP contribution < -0.4 is 0 Å². The summed E-state index contributed by atoms with van der Waals surface area (Å²) in [5.41, 5.74) is 13.0. The molecule has 254 valence electrons. The monoisotopic (exact) mass is 699 g/mol. The van der Waals surface area contributed by atoms with E-state index in [-0.39, 0.29) is 0 Å². The number of hydrogen-bond acceptors (Lipinski definition) is 2. The Hall–Kier alpha value is -7.86. The Balaban J connectivity index is 1.15. The van der Waals surface area contributed by atoms with Crippen molar-refractivity contribution in [2.75, 3.05) is 0 Å². The van der Waals surface area contributed by atoms with Gasteiger partial charge in [-0.3, -0.25) is 0 Å². The first-order valence-electron chi connectivity index (χ1n) is 18.3. The van der Waals surface area contributed by atoms with Crippen molar-refractivity contribution in [3.8, 4) is 40.3 Å². The van der Waals surface area contributed by atoms with Crippen LogP contribution >= 0.6 is 0 Å². The van der Waals surface area contributed by atoms with E-state index in [0.717, 1.165) is 77.4 Å². The Morgan fingerprint density at radius 3 is 1.44 bits per heavy atom. The fourth-order valence-electron chi connectivity index (χ4n) is 8.76. The predicted octanol–water partition coefficient (Wildman–Crippen LogP) is 12.4. The molecule has 0 aliphatic carbocycles. The molecule has 0 atom stereocenters. The molecule has 0 radical (unpaired) electrons. The number of fused-ring (bicyclic) bond motifs is 9. The standard InChI is InChI=1S/C50H29N5/c51-30-32-20-26-47(54-44-16-6-1-10-36(44)37-11-2-7-17-45(37)54)41(28-32)34-22-24-35(25-23-34)53-43-15-5-3-12-38(43)40-14-9-19-49(50(40)53)55-46-18-8-4-13-39(46)42-29-33(31-52)21-27-48(42)55/h1-29H. The fourth-order valence-corrected chi connectivity index (χ4v) is 8.76. The zero-order valence-corrected chi connectivity index (χ0v) is 29.5. The Labute approximate surface area is 316 Å². The minimum Gasteiger partial charge on any atom is -0.309 e. The van der Waals surface area contributed by atoms with E-state index in [4.69, 9.17) is 0 Å². The van der Waals surface area contributed by atoms with Gasteiger partial charge in [0, 0.05) is 43.6 Å². The van der Waals surface area contributed by atoms with Gasteiger partial charge in [0.25, 0.3) is 0 Å². The molecule has 0 fully saturated rings. The number of benzene rings is 8. The molecule has 0 N–H and O–H groups in total. The van der Waals surface area contributed by atoms with Gasteiger partial charge in [-0.05, 0) is 84.4 Å². The molecule has 0 saturated carbocycles. The van der Waals surface area contributed by atoms with Gasteiger partial charge in [0.2, 0.25) is 0 Å². The van der Waals surface area contributed by atoms with Crippen LogP contribution in [-0.4, -0.2) is 13.7 Å². The lowest BCUT2D eigenvalue weighted by molar-refractivity contribution is 1.13. The van der Waals surface area contributed by atoms with E-state index in [9.17, 15) is 10.5 Å². The Morgan fingerprint density at radius 2 is 0.818 bits per heavy atom. The van der Waals surface area contributed by atoms with Crippen LogP contribution in [0.25, 0.3) is 93.6 Å². The first kappa shape index (κ1) is 30.7. The average Bonchev–Trinajstić information content (AvgIpc) is 3.89. The first-order valence-corrected chi connectivity index (χ1v) is 18.3. The molecule has 0 amide bonds. The minimum atomic E-state index is 0.615. The van der Waals surface area contributed by atoms with E-state index >= 15 is 0 Å². The predicted molar refractivity (Wildman–Crippen MR) is 224 cm³/mol. The normalized spacial score (nSPS) is 11.6. The quantitative estimate of drug-likeness (QED) is 0.184. The molecule has 0 aliphatic heterocycles. The highest BCUT2D eigenvalue weighted by Crippen LogP contribution is 2.41. The summed E-state index contributed by atoms with van der Waals surface area (Å²) in [5, 5.41) is 26.7. The minimum absolute atomic E-state index is 0.615.